The first-order chi connectivity index (χ1) is 12.6. The van der Waals surface area contributed by atoms with Gasteiger partial charge in [0.25, 0.3) is 0 Å². The molecule has 0 bridgehead atoms. The van der Waals surface area contributed by atoms with Crippen molar-refractivity contribution in [2.45, 2.75) is 19.4 Å². The Labute approximate surface area is 155 Å². The van der Waals surface area contributed by atoms with E-state index in [-0.39, 0.29) is 11.7 Å². The Hall–Kier alpha value is -2.73. The molecule has 26 heavy (non-hydrogen) atoms. The van der Waals surface area contributed by atoms with Crippen LogP contribution in [0.4, 0.5) is 4.39 Å². The second-order valence-corrected chi connectivity index (χ2v) is 7.02. The number of thiazole rings is 1. The molecular formula is C20H19FN2O2S. The van der Waals surface area contributed by atoms with Gasteiger partial charge in [-0.05, 0) is 35.4 Å². The van der Waals surface area contributed by atoms with E-state index in [1.165, 1.54) is 12.1 Å². The number of nitrogens with one attached hydrogen (secondary N) is 1. The summed E-state index contributed by atoms with van der Waals surface area (Å²) in [5.74, 6) is 0.481. The van der Waals surface area contributed by atoms with E-state index in [0.29, 0.717) is 19.4 Å². The maximum Gasteiger partial charge on any atom is 0.224 e. The zero-order valence-electron chi connectivity index (χ0n) is 14.4. The lowest BCUT2D eigenvalue weighted by molar-refractivity contribution is -0.120. The molecule has 134 valence electrons. The predicted octanol–water partition coefficient (Wildman–Crippen LogP) is 3.74. The number of halogens is 1. The minimum atomic E-state index is -0.238. The lowest BCUT2D eigenvalue weighted by Gasteiger charge is -2.04. The Morgan fingerprint density at radius 2 is 1.81 bits per heavy atom. The molecule has 0 unspecified atom stereocenters. The molecule has 3 aromatic rings. The average Bonchev–Trinajstić information content (AvgIpc) is 3.10. The van der Waals surface area contributed by atoms with Crippen molar-refractivity contribution in [2.75, 3.05) is 7.11 Å². The molecule has 4 nitrogen and oxygen atoms in total. The van der Waals surface area contributed by atoms with E-state index in [1.54, 1.807) is 36.8 Å². The summed E-state index contributed by atoms with van der Waals surface area (Å²) in [5, 5.41) is 3.74. The summed E-state index contributed by atoms with van der Waals surface area (Å²) in [6.07, 6.45) is 2.83. The van der Waals surface area contributed by atoms with Crippen molar-refractivity contribution in [1.82, 2.24) is 10.3 Å². The molecular weight excluding hydrogens is 351 g/mol. The molecule has 0 saturated heterocycles. The number of carbonyl (C=O) groups excluding carboxylic acids is 1. The van der Waals surface area contributed by atoms with Crippen molar-refractivity contribution < 1.29 is 13.9 Å². The van der Waals surface area contributed by atoms with Crippen LogP contribution in [0.5, 0.6) is 5.75 Å². The number of carbonyl (C=O) groups is 1. The number of hydrogen-bond donors (Lipinski definition) is 1. The molecule has 1 heterocycles. The monoisotopic (exact) mass is 370 g/mol. The van der Waals surface area contributed by atoms with Crippen LogP contribution in [0.2, 0.25) is 0 Å². The van der Waals surface area contributed by atoms with Crippen molar-refractivity contribution in [2.24, 2.45) is 0 Å². The van der Waals surface area contributed by atoms with Gasteiger partial charge in [-0.2, -0.15) is 0 Å². The van der Waals surface area contributed by atoms with Gasteiger partial charge in [0.1, 0.15) is 16.6 Å². The smallest absolute Gasteiger partial charge is 0.224 e. The van der Waals surface area contributed by atoms with E-state index in [0.717, 1.165) is 26.8 Å². The maximum absolute atomic E-state index is 12.9. The lowest BCUT2D eigenvalue weighted by Crippen LogP contribution is -2.24. The highest BCUT2D eigenvalue weighted by Gasteiger charge is 2.07. The third-order valence-electron chi connectivity index (χ3n) is 3.85. The molecule has 0 saturated carbocycles. The number of benzene rings is 2. The minimum Gasteiger partial charge on any atom is -0.497 e. The fourth-order valence-electron chi connectivity index (χ4n) is 2.48. The highest BCUT2D eigenvalue weighted by Crippen LogP contribution is 2.18. The van der Waals surface area contributed by atoms with Crippen molar-refractivity contribution in [3.8, 4) is 5.75 Å². The first-order valence-electron chi connectivity index (χ1n) is 8.20. The first kappa shape index (κ1) is 18.1. The molecule has 1 aromatic heterocycles. The van der Waals surface area contributed by atoms with Gasteiger partial charge in [0.2, 0.25) is 5.91 Å². The number of rotatable bonds is 7. The van der Waals surface area contributed by atoms with Crippen LogP contribution in [0.1, 0.15) is 21.0 Å². The number of hydrogen-bond acceptors (Lipinski definition) is 4. The van der Waals surface area contributed by atoms with Gasteiger partial charge in [0.15, 0.2) is 0 Å². The zero-order chi connectivity index (χ0) is 18.4. The molecule has 0 radical (unpaired) electrons. The molecule has 0 atom stereocenters. The van der Waals surface area contributed by atoms with Gasteiger partial charge in [0, 0.05) is 17.5 Å². The summed E-state index contributed by atoms with van der Waals surface area (Å²) in [7, 11) is 1.61. The fourth-order valence-corrected chi connectivity index (χ4v) is 3.38. The van der Waals surface area contributed by atoms with Gasteiger partial charge in [-0.3, -0.25) is 4.79 Å². The fraction of sp³-hybridized carbons (Fsp3) is 0.200. The SMILES string of the molecule is COc1ccc(CC(=O)NCc2ncc(Cc3ccc(F)cc3)s2)cc1. The number of methoxy groups -OCH3 is 1. The van der Waals surface area contributed by atoms with E-state index < -0.39 is 0 Å². The van der Waals surface area contributed by atoms with Crippen molar-refractivity contribution >= 4 is 17.2 Å². The van der Waals surface area contributed by atoms with E-state index in [1.807, 2.05) is 24.3 Å². The summed E-state index contributed by atoms with van der Waals surface area (Å²) in [5.41, 5.74) is 1.96. The summed E-state index contributed by atoms with van der Waals surface area (Å²) >= 11 is 1.55. The molecule has 0 spiro atoms. The number of ether oxygens (including phenoxy) is 1. The zero-order valence-corrected chi connectivity index (χ0v) is 15.2. The summed E-state index contributed by atoms with van der Waals surface area (Å²) in [6, 6.07) is 13.9. The average molecular weight is 370 g/mol. The van der Waals surface area contributed by atoms with E-state index in [9.17, 15) is 9.18 Å². The van der Waals surface area contributed by atoms with Crippen LogP contribution >= 0.6 is 11.3 Å². The number of amides is 1. The lowest BCUT2D eigenvalue weighted by atomic mass is 10.1. The van der Waals surface area contributed by atoms with Gasteiger partial charge in [-0.25, -0.2) is 9.37 Å². The van der Waals surface area contributed by atoms with Crippen LogP contribution in [0.3, 0.4) is 0 Å². The van der Waals surface area contributed by atoms with Crippen molar-refractivity contribution in [3.05, 3.63) is 81.6 Å². The summed E-state index contributed by atoms with van der Waals surface area (Å²) in [6.45, 7) is 0.406. The third-order valence-corrected chi connectivity index (χ3v) is 4.85. The normalized spacial score (nSPS) is 10.5. The van der Waals surface area contributed by atoms with Gasteiger partial charge in [0.05, 0.1) is 20.1 Å². The Bertz CT molecular complexity index is 860. The van der Waals surface area contributed by atoms with Gasteiger partial charge >= 0.3 is 0 Å². The number of nitrogens with zero attached hydrogens (tertiary/aromatic N) is 1. The molecule has 1 N–H and O–H groups in total. The highest BCUT2D eigenvalue weighted by atomic mass is 32.1. The number of aromatic nitrogens is 1. The highest BCUT2D eigenvalue weighted by molar-refractivity contribution is 7.11. The van der Waals surface area contributed by atoms with E-state index in [2.05, 4.69) is 10.3 Å². The second kappa shape index (κ2) is 8.58. The molecule has 0 aliphatic heterocycles. The quantitative estimate of drug-likeness (QED) is 0.689. The molecule has 0 fully saturated rings. The van der Waals surface area contributed by atoms with Crippen molar-refractivity contribution in [1.29, 1.82) is 0 Å². The van der Waals surface area contributed by atoms with Gasteiger partial charge in [-0.1, -0.05) is 24.3 Å². The Morgan fingerprint density at radius 3 is 2.50 bits per heavy atom. The minimum absolute atomic E-state index is 0.0505. The molecule has 6 heteroatoms. The second-order valence-electron chi connectivity index (χ2n) is 5.83. The Kier molecular flexibility index (Phi) is 5.96. The summed E-state index contributed by atoms with van der Waals surface area (Å²) in [4.78, 5) is 17.5. The predicted molar refractivity (Wildman–Crippen MR) is 99.9 cm³/mol. The van der Waals surface area contributed by atoms with Crippen LogP contribution in [0, 0.1) is 5.82 Å². The van der Waals surface area contributed by atoms with E-state index in [4.69, 9.17) is 4.74 Å². The van der Waals surface area contributed by atoms with Gasteiger partial charge in [-0.15, -0.1) is 11.3 Å². The van der Waals surface area contributed by atoms with Crippen LogP contribution in [-0.2, 0) is 24.2 Å². The molecule has 0 aliphatic carbocycles. The molecule has 0 aliphatic rings. The van der Waals surface area contributed by atoms with Crippen LogP contribution < -0.4 is 10.1 Å². The largest absolute Gasteiger partial charge is 0.497 e. The van der Waals surface area contributed by atoms with Crippen LogP contribution in [-0.4, -0.2) is 18.0 Å². The molecule has 1 amide bonds. The summed E-state index contributed by atoms with van der Waals surface area (Å²) < 4.78 is 18.0. The molecule has 2 aromatic carbocycles. The van der Waals surface area contributed by atoms with Crippen molar-refractivity contribution in [3.63, 3.8) is 0 Å². The Balaban J connectivity index is 1.49. The molecule has 3 rings (SSSR count). The van der Waals surface area contributed by atoms with Gasteiger partial charge < -0.3 is 10.1 Å². The van der Waals surface area contributed by atoms with Crippen LogP contribution in [0.15, 0.2) is 54.7 Å². The standard InChI is InChI=1S/C20H19FN2O2S/c1-25-17-8-4-15(5-9-17)11-19(24)22-13-20-23-12-18(26-20)10-14-2-6-16(21)7-3-14/h2-9,12H,10-11,13H2,1H3,(H,22,24). The van der Waals surface area contributed by atoms with E-state index >= 15 is 0 Å². The first-order valence-corrected chi connectivity index (χ1v) is 9.01. The maximum atomic E-state index is 12.9. The Morgan fingerprint density at radius 1 is 1.12 bits per heavy atom. The van der Waals surface area contributed by atoms with Crippen LogP contribution in [0.25, 0.3) is 0 Å². The topological polar surface area (TPSA) is 51.2 Å². The third kappa shape index (κ3) is 5.13.